The van der Waals surface area contributed by atoms with Crippen LogP contribution in [0.3, 0.4) is 0 Å². The second-order valence-corrected chi connectivity index (χ2v) is 8.77. The molecule has 1 aromatic heterocycles. The van der Waals surface area contributed by atoms with Crippen LogP contribution in [0.2, 0.25) is 0 Å². The van der Waals surface area contributed by atoms with Crippen LogP contribution in [0.15, 0.2) is 27.4 Å². The van der Waals surface area contributed by atoms with Crippen molar-refractivity contribution in [2.45, 2.75) is 22.6 Å². The number of anilines is 1. The number of thioether (sulfide) groups is 1. The molecule has 0 fully saturated rings. The van der Waals surface area contributed by atoms with Gasteiger partial charge in [-0.2, -0.15) is 0 Å². The molecule has 136 valence electrons. The lowest BCUT2D eigenvalue weighted by molar-refractivity contribution is 0.0960. The van der Waals surface area contributed by atoms with Gasteiger partial charge in [0.2, 0.25) is 5.13 Å². The minimum Gasteiger partial charge on any atom is -0.496 e. The highest BCUT2D eigenvalue weighted by Crippen LogP contribution is 2.28. The van der Waals surface area contributed by atoms with E-state index in [1.165, 1.54) is 44.1 Å². The normalized spacial score (nSPS) is 11.2. The van der Waals surface area contributed by atoms with E-state index in [-0.39, 0.29) is 21.3 Å². The van der Waals surface area contributed by atoms with Gasteiger partial charge in [0.1, 0.15) is 5.75 Å². The van der Waals surface area contributed by atoms with Crippen molar-refractivity contribution in [2.75, 3.05) is 24.6 Å². The van der Waals surface area contributed by atoms with Crippen molar-refractivity contribution < 1.29 is 17.9 Å². The van der Waals surface area contributed by atoms with Crippen molar-refractivity contribution in [1.29, 1.82) is 0 Å². The molecule has 0 aliphatic rings. The lowest BCUT2D eigenvalue weighted by Gasteiger charge is -2.10. The lowest BCUT2D eigenvalue weighted by atomic mass is 10.2. The Balaban J connectivity index is 2.27. The first-order valence-electron chi connectivity index (χ1n) is 7.30. The number of aromatic nitrogens is 2. The lowest BCUT2D eigenvalue weighted by Crippen LogP contribution is -2.20. The minimum atomic E-state index is -3.90. The number of carbonyl (C=O) groups is 1. The minimum absolute atomic E-state index is 0.0649. The second-order valence-electron chi connectivity index (χ2n) is 4.77. The van der Waals surface area contributed by atoms with Crippen molar-refractivity contribution in [2.24, 2.45) is 0 Å². The topological polar surface area (TPSA) is 110 Å². The summed E-state index contributed by atoms with van der Waals surface area (Å²) < 4.78 is 33.2. The SMILES string of the molecule is CCCSc1nnc(NS(=O)(=O)c2ccc(OC)c(C(=O)NC)c2)s1. The van der Waals surface area contributed by atoms with Gasteiger partial charge >= 0.3 is 0 Å². The van der Waals surface area contributed by atoms with Gasteiger partial charge in [-0.1, -0.05) is 30.0 Å². The Kier molecular flexibility index (Phi) is 6.62. The average molecular weight is 403 g/mol. The molecular weight excluding hydrogens is 384 g/mol. The summed E-state index contributed by atoms with van der Waals surface area (Å²) in [4.78, 5) is 11.8. The molecule has 2 N–H and O–H groups in total. The number of carbonyl (C=O) groups excluding carboxylic acids is 1. The van der Waals surface area contributed by atoms with E-state index in [1.54, 1.807) is 0 Å². The van der Waals surface area contributed by atoms with Crippen LogP contribution >= 0.6 is 23.1 Å². The van der Waals surface area contributed by atoms with Crippen LogP contribution in [0.25, 0.3) is 0 Å². The molecule has 0 radical (unpaired) electrons. The van der Waals surface area contributed by atoms with Crippen LogP contribution in [0, 0.1) is 0 Å². The Hall–Kier alpha value is -1.85. The quantitative estimate of drug-likeness (QED) is 0.651. The Morgan fingerprint density at radius 2 is 2.12 bits per heavy atom. The molecule has 0 atom stereocenters. The molecule has 2 rings (SSSR count). The van der Waals surface area contributed by atoms with E-state index >= 15 is 0 Å². The van der Waals surface area contributed by atoms with Gasteiger partial charge in [0.05, 0.1) is 17.6 Å². The van der Waals surface area contributed by atoms with Gasteiger partial charge < -0.3 is 10.1 Å². The predicted octanol–water partition coefficient (Wildman–Crippen LogP) is 2.21. The van der Waals surface area contributed by atoms with Crippen LogP contribution in [0.4, 0.5) is 5.13 Å². The van der Waals surface area contributed by atoms with Gasteiger partial charge in [0.15, 0.2) is 4.34 Å². The third-order valence-corrected chi connectivity index (χ3v) is 6.65. The van der Waals surface area contributed by atoms with Crippen LogP contribution in [0.1, 0.15) is 23.7 Å². The molecular formula is C14H18N4O4S3. The Morgan fingerprint density at radius 1 is 1.36 bits per heavy atom. The largest absolute Gasteiger partial charge is 0.496 e. The van der Waals surface area contributed by atoms with E-state index < -0.39 is 15.9 Å². The zero-order valence-electron chi connectivity index (χ0n) is 13.9. The predicted molar refractivity (Wildman–Crippen MR) is 98.1 cm³/mol. The summed E-state index contributed by atoms with van der Waals surface area (Å²) in [5.41, 5.74) is 0.129. The van der Waals surface area contributed by atoms with E-state index in [9.17, 15) is 13.2 Å². The molecule has 2 aromatic rings. The molecule has 0 aliphatic heterocycles. The first-order valence-corrected chi connectivity index (χ1v) is 10.6. The fraction of sp³-hybridized carbons (Fsp3) is 0.357. The van der Waals surface area contributed by atoms with E-state index in [2.05, 4.69) is 20.2 Å². The van der Waals surface area contributed by atoms with Crippen molar-refractivity contribution in [3.8, 4) is 5.75 Å². The number of hydrogen-bond acceptors (Lipinski definition) is 8. The van der Waals surface area contributed by atoms with Crippen LogP contribution in [-0.4, -0.2) is 44.4 Å². The second kappa shape index (κ2) is 8.50. The van der Waals surface area contributed by atoms with Crippen molar-refractivity contribution in [3.63, 3.8) is 0 Å². The fourth-order valence-electron chi connectivity index (χ4n) is 1.84. The zero-order valence-corrected chi connectivity index (χ0v) is 16.3. The molecule has 11 heteroatoms. The molecule has 1 aromatic carbocycles. The number of rotatable bonds is 8. The summed E-state index contributed by atoms with van der Waals surface area (Å²) in [6.45, 7) is 2.05. The van der Waals surface area contributed by atoms with Gasteiger partial charge in [-0.3, -0.25) is 9.52 Å². The van der Waals surface area contributed by atoms with Gasteiger partial charge in [-0.15, -0.1) is 10.2 Å². The molecule has 1 amide bonds. The van der Waals surface area contributed by atoms with Gasteiger partial charge in [0, 0.05) is 12.8 Å². The van der Waals surface area contributed by atoms with E-state index in [0.29, 0.717) is 4.34 Å². The summed E-state index contributed by atoms with van der Waals surface area (Å²) in [6.07, 6.45) is 0.986. The Labute approximate surface area is 154 Å². The fourth-order valence-corrected chi connectivity index (χ4v) is 4.77. The Bertz CT molecular complexity index is 852. The van der Waals surface area contributed by atoms with Gasteiger partial charge in [-0.25, -0.2) is 8.42 Å². The number of nitrogens with one attached hydrogen (secondary N) is 2. The highest BCUT2D eigenvalue weighted by Gasteiger charge is 2.21. The number of methoxy groups -OCH3 is 1. The van der Waals surface area contributed by atoms with Crippen LogP contribution in [-0.2, 0) is 10.0 Å². The summed E-state index contributed by atoms with van der Waals surface area (Å²) >= 11 is 2.68. The zero-order chi connectivity index (χ0) is 18.4. The summed E-state index contributed by atoms with van der Waals surface area (Å²) in [7, 11) is -1.03. The van der Waals surface area contributed by atoms with Crippen molar-refractivity contribution in [1.82, 2.24) is 15.5 Å². The summed E-state index contributed by atoms with van der Waals surface area (Å²) in [5, 5.41) is 10.4. The molecule has 25 heavy (non-hydrogen) atoms. The van der Waals surface area contributed by atoms with E-state index in [4.69, 9.17) is 4.74 Å². The number of ether oxygens (including phenoxy) is 1. The monoisotopic (exact) mass is 402 g/mol. The molecule has 0 unspecified atom stereocenters. The van der Waals surface area contributed by atoms with Crippen LogP contribution < -0.4 is 14.8 Å². The number of benzene rings is 1. The molecule has 0 aliphatic carbocycles. The maximum atomic E-state index is 12.5. The highest BCUT2D eigenvalue weighted by atomic mass is 32.2. The van der Waals surface area contributed by atoms with Gasteiger partial charge in [0.25, 0.3) is 15.9 Å². The van der Waals surface area contributed by atoms with E-state index in [0.717, 1.165) is 23.5 Å². The van der Waals surface area contributed by atoms with Crippen molar-refractivity contribution >= 4 is 44.2 Å². The number of amides is 1. The number of hydrogen-bond donors (Lipinski definition) is 2. The Morgan fingerprint density at radius 3 is 2.76 bits per heavy atom. The first-order chi connectivity index (χ1) is 11.9. The summed E-state index contributed by atoms with van der Waals surface area (Å²) in [6, 6.07) is 4.05. The van der Waals surface area contributed by atoms with E-state index in [1.807, 2.05) is 6.92 Å². The number of nitrogens with zero attached hydrogens (tertiary/aromatic N) is 2. The smallest absolute Gasteiger partial charge is 0.263 e. The van der Waals surface area contributed by atoms with Crippen molar-refractivity contribution in [3.05, 3.63) is 23.8 Å². The first kappa shape index (κ1) is 19.5. The molecule has 0 saturated heterocycles. The third kappa shape index (κ3) is 4.83. The maximum absolute atomic E-state index is 12.5. The standard InChI is InChI=1S/C14H18N4O4S3/c1-4-7-23-14-17-16-13(24-14)18-25(20,21)9-5-6-11(22-3)10(8-9)12(19)15-2/h5-6,8H,4,7H2,1-3H3,(H,15,19)(H,16,18). The molecule has 0 saturated carbocycles. The average Bonchev–Trinajstić information content (AvgIpc) is 3.05. The molecule has 8 nitrogen and oxygen atoms in total. The molecule has 1 heterocycles. The number of sulfonamides is 1. The molecule has 0 spiro atoms. The highest BCUT2D eigenvalue weighted by molar-refractivity contribution is 8.01. The maximum Gasteiger partial charge on any atom is 0.263 e. The van der Waals surface area contributed by atoms with Gasteiger partial charge in [-0.05, 0) is 24.6 Å². The third-order valence-electron chi connectivity index (χ3n) is 3.01. The summed E-state index contributed by atoms with van der Waals surface area (Å²) in [5.74, 6) is 0.727. The molecule has 0 bridgehead atoms. The van der Waals surface area contributed by atoms with Crippen LogP contribution in [0.5, 0.6) is 5.75 Å².